The highest BCUT2D eigenvalue weighted by Crippen LogP contribution is 2.22. The Hall–Kier alpha value is -3.03. The molecule has 4 rings (SSSR count). The summed E-state index contributed by atoms with van der Waals surface area (Å²) in [5.74, 6) is 1.24. The van der Waals surface area contributed by atoms with Gasteiger partial charge in [0.1, 0.15) is 11.6 Å². The molecule has 3 aromatic rings. The number of carbonyl (C=O) groups excluding carboxylic acids is 1. The monoisotopic (exact) mass is 382 g/mol. The summed E-state index contributed by atoms with van der Waals surface area (Å²) in [5, 5.41) is 13.2. The van der Waals surface area contributed by atoms with Gasteiger partial charge in [-0.2, -0.15) is 4.52 Å². The number of fused-ring (bicyclic) bond motifs is 1. The second kappa shape index (κ2) is 6.85. The largest absolute Gasteiger partial charge is 0.352 e. The van der Waals surface area contributed by atoms with Crippen molar-refractivity contribution in [3.8, 4) is 0 Å². The van der Waals surface area contributed by atoms with E-state index in [4.69, 9.17) is 5.10 Å². The predicted octanol–water partition coefficient (Wildman–Crippen LogP) is 2.52. The molecule has 0 unspecified atom stereocenters. The molecule has 2 aromatic heterocycles. The Bertz CT molecular complexity index is 1000. The fraction of sp³-hybridized carbons (Fsp3) is 0.400. The number of amides is 1. The molecule has 7 nitrogen and oxygen atoms in total. The maximum Gasteiger partial charge on any atom is 0.253 e. The molecule has 1 amide bonds. The molecular weight excluding hydrogens is 359 g/mol. The van der Waals surface area contributed by atoms with Crippen molar-refractivity contribution >= 4 is 17.4 Å². The van der Waals surface area contributed by atoms with E-state index >= 15 is 0 Å². The third-order valence-electron chi connectivity index (χ3n) is 4.90. The number of rotatable bonds is 2. The molecule has 0 atom stereocenters. The lowest BCUT2D eigenvalue weighted by molar-refractivity contribution is 0.0746. The molecular formula is C20H23FN6O. The van der Waals surface area contributed by atoms with Crippen LogP contribution in [0.5, 0.6) is 0 Å². The third kappa shape index (κ3) is 3.42. The van der Waals surface area contributed by atoms with Gasteiger partial charge in [-0.15, -0.1) is 15.3 Å². The van der Waals surface area contributed by atoms with Crippen molar-refractivity contribution in [2.45, 2.75) is 26.2 Å². The highest BCUT2D eigenvalue weighted by atomic mass is 19.1. The van der Waals surface area contributed by atoms with Crippen molar-refractivity contribution in [2.24, 2.45) is 0 Å². The predicted molar refractivity (Wildman–Crippen MR) is 104 cm³/mol. The zero-order valence-corrected chi connectivity index (χ0v) is 16.3. The zero-order chi connectivity index (χ0) is 19.9. The van der Waals surface area contributed by atoms with Crippen molar-refractivity contribution < 1.29 is 9.18 Å². The Morgan fingerprint density at radius 1 is 0.964 bits per heavy atom. The molecule has 8 heteroatoms. The molecule has 0 bridgehead atoms. The van der Waals surface area contributed by atoms with Gasteiger partial charge in [0.2, 0.25) is 0 Å². The number of aromatic nitrogens is 4. The lowest BCUT2D eigenvalue weighted by atomic mass is 9.96. The first-order chi connectivity index (χ1) is 13.3. The summed E-state index contributed by atoms with van der Waals surface area (Å²) in [7, 11) is 0. The van der Waals surface area contributed by atoms with Crippen molar-refractivity contribution in [1.29, 1.82) is 0 Å². The van der Waals surface area contributed by atoms with Crippen LogP contribution < -0.4 is 4.90 Å². The van der Waals surface area contributed by atoms with E-state index in [2.05, 4.69) is 35.9 Å². The van der Waals surface area contributed by atoms with Gasteiger partial charge in [0.25, 0.3) is 5.91 Å². The average Bonchev–Trinajstić information content (AvgIpc) is 3.12. The first kappa shape index (κ1) is 18.3. The minimum atomic E-state index is -0.341. The zero-order valence-electron chi connectivity index (χ0n) is 16.3. The maximum absolute atomic E-state index is 13.1. The van der Waals surface area contributed by atoms with Crippen LogP contribution in [0.2, 0.25) is 0 Å². The second-order valence-corrected chi connectivity index (χ2v) is 8.02. The van der Waals surface area contributed by atoms with Crippen LogP contribution >= 0.6 is 0 Å². The van der Waals surface area contributed by atoms with Gasteiger partial charge < -0.3 is 9.80 Å². The Kier molecular flexibility index (Phi) is 4.49. The van der Waals surface area contributed by atoms with Gasteiger partial charge in [0, 0.05) is 37.2 Å². The number of hydrogen-bond donors (Lipinski definition) is 0. The van der Waals surface area contributed by atoms with E-state index in [1.807, 2.05) is 12.1 Å². The summed E-state index contributed by atoms with van der Waals surface area (Å²) in [6, 6.07) is 9.54. The smallest absolute Gasteiger partial charge is 0.253 e. The molecule has 1 aliphatic rings. The van der Waals surface area contributed by atoms with E-state index < -0.39 is 0 Å². The molecule has 3 heterocycles. The lowest BCUT2D eigenvalue weighted by Crippen LogP contribution is -2.49. The van der Waals surface area contributed by atoms with Crippen LogP contribution in [0, 0.1) is 5.82 Å². The summed E-state index contributed by atoms with van der Waals surface area (Å²) in [5.41, 5.74) is 1.07. The van der Waals surface area contributed by atoms with Gasteiger partial charge in [-0.05, 0) is 36.4 Å². The number of nitrogens with zero attached hydrogens (tertiary/aromatic N) is 6. The fourth-order valence-corrected chi connectivity index (χ4v) is 3.33. The topological polar surface area (TPSA) is 66.6 Å². The number of benzene rings is 1. The van der Waals surface area contributed by atoms with Gasteiger partial charge in [0.15, 0.2) is 11.5 Å². The third-order valence-corrected chi connectivity index (χ3v) is 4.90. The van der Waals surface area contributed by atoms with E-state index in [9.17, 15) is 9.18 Å². The molecule has 0 saturated carbocycles. The van der Waals surface area contributed by atoms with Crippen LogP contribution in [0.3, 0.4) is 0 Å². The van der Waals surface area contributed by atoms with Crippen LogP contribution in [-0.2, 0) is 5.41 Å². The minimum absolute atomic E-state index is 0.0723. The molecule has 1 aromatic carbocycles. The summed E-state index contributed by atoms with van der Waals surface area (Å²) in [6.07, 6.45) is 0. The van der Waals surface area contributed by atoms with E-state index in [1.165, 1.54) is 24.3 Å². The highest BCUT2D eigenvalue weighted by molar-refractivity contribution is 5.94. The number of anilines is 1. The van der Waals surface area contributed by atoms with E-state index in [0.29, 0.717) is 31.7 Å². The van der Waals surface area contributed by atoms with E-state index in [1.54, 1.807) is 9.42 Å². The lowest BCUT2D eigenvalue weighted by Gasteiger charge is -2.35. The Morgan fingerprint density at radius 2 is 1.64 bits per heavy atom. The quantitative estimate of drug-likeness (QED) is 0.681. The van der Waals surface area contributed by atoms with Crippen molar-refractivity contribution in [1.82, 2.24) is 24.7 Å². The molecule has 0 spiro atoms. The second-order valence-electron chi connectivity index (χ2n) is 8.02. The van der Waals surface area contributed by atoms with Gasteiger partial charge in [-0.3, -0.25) is 4.79 Å². The minimum Gasteiger partial charge on any atom is -0.352 e. The highest BCUT2D eigenvalue weighted by Gasteiger charge is 2.25. The van der Waals surface area contributed by atoms with Crippen LogP contribution in [0.4, 0.5) is 10.2 Å². The van der Waals surface area contributed by atoms with Crippen LogP contribution in [0.25, 0.3) is 5.65 Å². The molecule has 146 valence electrons. The van der Waals surface area contributed by atoms with Crippen LogP contribution in [-0.4, -0.2) is 56.8 Å². The first-order valence-electron chi connectivity index (χ1n) is 9.36. The Morgan fingerprint density at radius 3 is 2.29 bits per heavy atom. The van der Waals surface area contributed by atoms with Crippen molar-refractivity contribution in [2.75, 3.05) is 31.1 Å². The molecule has 1 aliphatic heterocycles. The molecule has 1 saturated heterocycles. The fourth-order valence-electron chi connectivity index (χ4n) is 3.33. The van der Waals surface area contributed by atoms with E-state index in [-0.39, 0.29) is 17.1 Å². The Balaban J connectivity index is 1.49. The standard InChI is InChI=1S/C20H23FN6O/c1-20(2,3)19-23-22-16-8-9-17(24-27(16)19)25-10-12-26(13-11-25)18(28)14-4-6-15(21)7-5-14/h4-9H,10-13H2,1-3H3. The SMILES string of the molecule is CC(C)(C)c1nnc2ccc(N3CCN(C(=O)c4ccc(F)cc4)CC3)nn12. The Labute approximate surface area is 162 Å². The molecule has 0 aliphatic carbocycles. The number of hydrogen-bond acceptors (Lipinski definition) is 5. The maximum atomic E-state index is 13.1. The van der Waals surface area contributed by atoms with Crippen molar-refractivity contribution in [3.63, 3.8) is 0 Å². The van der Waals surface area contributed by atoms with Gasteiger partial charge in [0.05, 0.1) is 0 Å². The average molecular weight is 382 g/mol. The summed E-state index contributed by atoms with van der Waals surface area (Å²) < 4.78 is 14.9. The molecule has 28 heavy (non-hydrogen) atoms. The summed E-state index contributed by atoms with van der Waals surface area (Å²) in [6.45, 7) is 8.78. The normalized spacial score (nSPS) is 15.3. The summed E-state index contributed by atoms with van der Waals surface area (Å²) >= 11 is 0. The van der Waals surface area contributed by atoms with Crippen molar-refractivity contribution in [3.05, 3.63) is 53.6 Å². The molecule has 1 fully saturated rings. The van der Waals surface area contributed by atoms with Crippen LogP contribution in [0.1, 0.15) is 37.0 Å². The van der Waals surface area contributed by atoms with Gasteiger partial charge in [-0.25, -0.2) is 4.39 Å². The van der Waals surface area contributed by atoms with Gasteiger partial charge in [-0.1, -0.05) is 20.8 Å². The first-order valence-corrected chi connectivity index (χ1v) is 9.36. The number of halogens is 1. The van der Waals surface area contributed by atoms with E-state index in [0.717, 1.165) is 17.3 Å². The molecule has 0 N–H and O–H groups in total. The van der Waals surface area contributed by atoms with Gasteiger partial charge >= 0.3 is 0 Å². The summed E-state index contributed by atoms with van der Waals surface area (Å²) in [4.78, 5) is 16.5. The van der Waals surface area contributed by atoms with Crippen LogP contribution in [0.15, 0.2) is 36.4 Å². The number of piperazine rings is 1. The number of carbonyl (C=O) groups is 1. The molecule has 0 radical (unpaired) electrons.